The number of amides is 1. The standard InChI is InChI=1S/C22H18ClF3N2O3S/c1-14-9-10-18(32(30,31)27-13-15-5-2-3-8-20(15)23)12-19(14)21(29)28-17-7-4-6-16(11-17)22(24,25)26/h2-12,27H,13H2,1H3,(H,28,29). The number of carbonyl (C=O) groups is 1. The molecular formula is C22H18ClF3N2O3S. The SMILES string of the molecule is Cc1ccc(S(=O)(=O)NCc2ccccc2Cl)cc1C(=O)Nc1cccc(C(F)(F)F)c1. The first-order valence-electron chi connectivity index (χ1n) is 9.30. The van der Waals surface area contributed by atoms with Gasteiger partial charge in [0.2, 0.25) is 10.0 Å². The van der Waals surface area contributed by atoms with Crippen molar-refractivity contribution in [2.45, 2.75) is 24.5 Å². The second kappa shape index (κ2) is 9.32. The molecule has 0 saturated carbocycles. The number of carbonyl (C=O) groups excluding carboxylic acids is 1. The van der Waals surface area contributed by atoms with Crippen molar-refractivity contribution in [1.82, 2.24) is 4.72 Å². The lowest BCUT2D eigenvalue weighted by molar-refractivity contribution is -0.137. The van der Waals surface area contributed by atoms with Crippen molar-refractivity contribution in [3.8, 4) is 0 Å². The second-order valence-corrected chi connectivity index (χ2v) is 9.10. The molecule has 0 aromatic heterocycles. The highest BCUT2D eigenvalue weighted by molar-refractivity contribution is 7.89. The molecule has 0 saturated heterocycles. The molecule has 1 amide bonds. The smallest absolute Gasteiger partial charge is 0.322 e. The Hall–Kier alpha value is -2.88. The summed E-state index contributed by atoms with van der Waals surface area (Å²) in [5.74, 6) is -0.732. The van der Waals surface area contributed by atoms with Crippen LogP contribution in [0.5, 0.6) is 0 Å². The van der Waals surface area contributed by atoms with E-state index in [-0.39, 0.29) is 22.7 Å². The van der Waals surface area contributed by atoms with Gasteiger partial charge in [0.05, 0.1) is 10.5 Å². The highest BCUT2D eigenvalue weighted by atomic mass is 35.5. The maximum absolute atomic E-state index is 12.9. The molecule has 0 bridgehead atoms. The summed E-state index contributed by atoms with van der Waals surface area (Å²) in [4.78, 5) is 12.5. The molecule has 0 aliphatic heterocycles. The molecule has 0 aliphatic rings. The number of aryl methyl sites for hydroxylation is 1. The van der Waals surface area contributed by atoms with Gasteiger partial charge in [0.25, 0.3) is 5.91 Å². The van der Waals surface area contributed by atoms with Crippen LogP contribution in [0.25, 0.3) is 0 Å². The van der Waals surface area contributed by atoms with E-state index in [4.69, 9.17) is 11.6 Å². The van der Waals surface area contributed by atoms with Gasteiger partial charge in [0.1, 0.15) is 0 Å². The van der Waals surface area contributed by atoms with Gasteiger partial charge < -0.3 is 5.32 Å². The summed E-state index contributed by atoms with van der Waals surface area (Å²) < 4.78 is 66.5. The Labute approximate surface area is 188 Å². The number of alkyl halides is 3. The Balaban J connectivity index is 1.82. The minimum absolute atomic E-state index is 0.0167. The fourth-order valence-corrected chi connectivity index (χ4v) is 4.12. The third-order valence-corrected chi connectivity index (χ3v) is 6.39. The lowest BCUT2D eigenvalue weighted by Crippen LogP contribution is -2.24. The van der Waals surface area contributed by atoms with Gasteiger partial charge in [-0.2, -0.15) is 13.2 Å². The van der Waals surface area contributed by atoms with E-state index in [1.807, 2.05) is 0 Å². The monoisotopic (exact) mass is 482 g/mol. The molecule has 0 spiro atoms. The van der Waals surface area contributed by atoms with E-state index in [0.29, 0.717) is 16.1 Å². The van der Waals surface area contributed by atoms with Gasteiger partial charge in [-0.1, -0.05) is 41.9 Å². The van der Waals surface area contributed by atoms with E-state index in [1.54, 1.807) is 31.2 Å². The fraction of sp³-hybridized carbons (Fsp3) is 0.136. The number of sulfonamides is 1. The number of hydrogen-bond acceptors (Lipinski definition) is 3. The average molecular weight is 483 g/mol. The number of halogens is 4. The quantitative estimate of drug-likeness (QED) is 0.494. The molecule has 10 heteroatoms. The summed E-state index contributed by atoms with van der Waals surface area (Å²) in [7, 11) is -3.98. The van der Waals surface area contributed by atoms with E-state index in [1.165, 1.54) is 30.3 Å². The number of hydrogen-bond donors (Lipinski definition) is 2. The van der Waals surface area contributed by atoms with Crippen LogP contribution in [0.15, 0.2) is 71.6 Å². The molecule has 2 N–H and O–H groups in total. The molecule has 32 heavy (non-hydrogen) atoms. The van der Waals surface area contributed by atoms with Gasteiger partial charge in [-0.3, -0.25) is 4.79 Å². The van der Waals surface area contributed by atoms with E-state index >= 15 is 0 Å². The summed E-state index contributed by atoms with van der Waals surface area (Å²) >= 11 is 6.04. The van der Waals surface area contributed by atoms with Crippen molar-refractivity contribution < 1.29 is 26.4 Å². The largest absolute Gasteiger partial charge is 0.416 e. The molecule has 0 fully saturated rings. The number of anilines is 1. The Morgan fingerprint density at radius 2 is 1.72 bits per heavy atom. The molecule has 0 radical (unpaired) electrons. The molecule has 3 aromatic carbocycles. The van der Waals surface area contributed by atoms with Gasteiger partial charge in [-0.15, -0.1) is 0 Å². The number of rotatable bonds is 6. The van der Waals surface area contributed by atoms with Crippen molar-refractivity contribution in [3.63, 3.8) is 0 Å². The summed E-state index contributed by atoms with van der Waals surface area (Å²) in [6.07, 6.45) is -4.56. The van der Waals surface area contributed by atoms with Gasteiger partial charge in [0, 0.05) is 22.8 Å². The summed E-state index contributed by atoms with van der Waals surface area (Å²) in [5, 5.41) is 2.79. The predicted octanol–water partition coefficient (Wildman–Crippen LogP) is 5.40. The van der Waals surface area contributed by atoms with Crippen LogP contribution in [0.4, 0.5) is 18.9 Å². The van der Waals surface area contributed by atoms with Crippen molar-refractivity contribution in [2.24, 2.45) is 0 Å². The normalized spacial score (nSPS) is 11.9. The van der Waals surface area contributed by atoms with Crippen LogP contribution in [0.3, 0.4) is 0 Å². The molecule has 168 valence electrons. The van der Waals surface area contributed by atoms with Crippen molar-refractivity contribution >= 4 is 33.2 Å². The van der Waals surface area contributed by atoms with E-state index in [9.17, 15) is 26.4 Å². The molecule has 3 aromatic rings. The summed E-state index contributed by atoms with van der Waals surface area (Å²) in [5.41, 5.74) is 0.0800. The van der Waals surface area contributed by atoms with E-state index in [2.05, 4.69) is 10.0 Å². The molecule has 3 rings (SSSR count). The lowest BCUT2D eigenvalue weighted by atomic mass is 10.1. The first-order valence-corrected chi connectivity index (χ1v) is 11.2. The number of nitrogens with one attached hydrogen (secondary N) is 2. The molecule has 5 nitrogen and oxygen atoms in total. The highest BCUT2D eigenvalue weighted by Gasteiger charge is 2.30. The van der Waals surface area contributed by atoms with E-state index in [0.717, 1.165) is 12.1 Å². The fourth-order valence-electron chi connectivity index (χ4n) is 2.88. The molecular weight excluding hydrogens is 465 g/mol. The van der Waals surface area contributed by atoms with E-state index < -0.39 is 27.7 Å². The molecule has 0 atom stereocenters. The average Bonchev–Trinajstić information content (AvgIpc) is 2.73. The Bertz CT molecular complexity index is 1260. The van der Waals surface area contributed by atoms with Gasteiger partial charge in [-0.25, -0.2) is 13.1 Å². The van der Waals surface area contributed by atoms with Gasteiger partial charge >= 0.3 is 6.18 Å². The predicted molar refractivity (Wildman–Crippen MR) is 116 cm³/mol. The van der Waals surface area contributed by atoms with Crippen molar-refractivity contribution in [3.05, 3.63) is 94.0 Å². The minimum Gasteiger partial charge on any atom is -0.322 e. The second-order valence-electron chi connectivity index (χ2n) is 6.93. The van der Waals surface area contributed by atoms with Gasteiger partial charge in [-0.05, 0) is 54.4 Å². The third-order valence-electron chi connectivity index (χ3n) is 4.62. The van der Waals surface area contributed by atoms with Crippen LogP contribution >= 0.6 is 11.6 Å². The summed E-state index contributed by atoms with van der Waals surface area (Å²) in [6, 6.07) is 14.9. The van der Waals surface area contributed by atoms with Gasteiger partial charge in [0.15, 0.2) is 0 Å². The Morgan fingerprint density at radius 3 is 2.41 bits per heavy atom. The third kappa shape index (κ3) is 5.67. The Morgan fingerprint density at radius 1 is 1.00 bits per heavy atom. The maximum Gasteiger partial charge on any atom is 0.416 e. The maximum atomic E-state index is 12.9. The van der Waals surface area contributed by atoms with Crippen LogP contribution < -0.4 is 10.0 Å². The molecule has 0 heterocycles. The Kier molecular flexibility index (Phi) is 6.92. The topological polar surface area (TPSA) is 75.3 Å². The molecule has 0 unspecified atom stereocenters. The molecule has 0 aliphatic carbocycles. The highest BCUT2D eigenvalue weighted by Crippen LogP contribution is 2.31. The lowest BCUT2D eigenvalue weighted by Gasteiger charge is -2.13. The first kappa shape index (κ1) is 23.8. The zero-order valence-electron chi connectivity index (χ0n) is 16.7. The van der Waals surface area contributed by atoms with Crippen molar-refractivity contribution in [2.75, 3.05) is 5.32 Å². The van der Waals surface area contributed by atoms with Crippen molar-refractivity contribution in [1.29, 1.82) is 0 Å². The van der Waals surface area contributed by atoms with Crippen LogP contribution in [0.1, 0.15) is 27.0 Å². The summed E-state index contributed by atoms with van der Waals surface area (Å²) in [6.45, 7) is 1.54. The van der Waals surface area contributed by atoms with Crippen LogP contribution in [0.2, 0.25) is 5.02 Å². The van der Waals surface area contributed by atoms with Crippen LogP contribution in [0, 0.1) is 6.92 Å². The zero-order chi connectivity index (χ0) is 23.5. The number of benzene rings is 3. The first-order chi connectivity index (χ1) is 15.0. The zero-order valence-corrected chi connectivity index (χ0v) is 18.3. The minimum atomic E-state index is -4.56. The van der Waals surface area contributed by atoms with Crippen LogP contribution in [-0.4, -0.2) is 14.3 Å². The van der Waals surface area contributed by atoms with Crippen LogP contribution in [-0.2, 0) is 22.7 Å².